The maximum absolute atomic E-state index is 6.70. The molecule has 0 aliphatic carbocycles. The minimum absolute atomic E-state index is 0.0953. The lowest BCUT2D eigenvalue weighted by Crippen LogP contribution is -2.70. The first-order valence-electron chi connectivity index (χ1n) is 5.87. The first-order valence-corrected chi connectivity index (χ1v) is 10.8. The Bertz CT molecular complexity index is 596. The number of benzene rings is 1. The van der Waals surface area contributed by atoms with Gasteiger partial charge in [-0.3, -0.25) is 0 Å². The Morgan fingerprint density at radius 2 is 0.880 bits per heavy atom. The van der Waals surface area contributed by atoms with Crippen LogP contribution in [0.4, 0.5) is 0 Å². The van der Waals surface area contributed by atoms with Crippen LogP contribution in [-0.2, 0) is 4.87 Å². The molecule has 25 heavy (non-hydrogen) atoms. The summed E-state index contributed by atoms with van der Waals surface area (Å²) < 4.78 is -10.2. The molecule has 0 amide bonds. The zero-order chi connectivity index (χ0) is 20.1. The van der Waals surface area contributed by atoms with Crippen molar-refractivity contribution in [3.63, 3.8) is 0 Å². The molecule has 0 aliphatic heterocycles. The predicted molar refractivity (Wildman–Crippen MR) is 118 cm³/mol. The summed E-state index contributed by atoms with van der Waals surface area (Å²) in [5.41, 5.74) is 0.0953. The molecule has 1 rings (SSSR count). The van der Waals surface area contributed by atoms with Gasteiger partial charge in [-0.25, -0.2) is 0 Å². The van der Waals surface area contributed by atoms with Crippen molar-refractivity contribution >= 4 is 151 Å². The van der Waals surface area contributed by atoms with Gasteiger partial charge in [0.1, 0.15) is 4.87 Å². The van der Waals surface area contributed by atoms with E-state index in [1.165, 1.54) is 12.1 Å². The van der Waals surface area contributed by atoms with Gasteiger partial charge in [-0.2, -0.15) is 0 Å². The van der Waals surface area contributed by atoms with E-state index in [1.807, 2.05) is 0 Å². The van der Waals surface area contributed by atoms with Crippen molar-refractivity contribution in [2.75, 3.05) is 0 Å². The molecule has 13 heteroatoms. The summed E-state index contributed by atoms with van der Waals surface area (Å²) in [7, 11) is 0. The highest BCUT2D eigenvalue weighted by Crippen LogP contribution is 2.72. The summed E-state index contributed by atoms with van der Waals surface area (Å²) >= 11 is 80.0. The Labute approximate surface area is 210 Å². The molecule has 0 aliphatic rings. The van der Waals surface area contributed by atoms with Gasteiger partial charge >= 0.3 is 0 Å². The molecule has 144 valence electrons. The van der Waals surface area contributed by atoms with E-state index in [1.54, 1.807) is 18.2 Å². The van der Waals surface area contributed by atoms with Crippen molar-refractivity contribution in [2.45, 2.75) is 25.5 Å². The number of alkyl halides is 13. The fourth-order valence-electron chi connectivity index (χ4n) is 2.01. The van der Waals surface area contributed by atoms with Gasteiger partial charge < -0.3 is 0 Å². The zero-order valence-electron chi connectivity index (χ0n) is 11.3. The molecule has 0 saturated carbocycles. The molecule has 0 spiro atoms. The van der Waals surface area contributed by atoms with E-state index in [-0.39, 0.29) is 5.56 Å². The molecule has 2 unspecified atom stereocenters. The van der Waals surface area contributed by atoms with Crippen LogP contribution < -0.4 is 0 Å². The Kier molecular flexibility index (Phi) is 8.60. The van der Waals surface area contributed by atoms with Crippen molar-refractivity contribution in [3.8, 4) is 0 Å². The summed E-state index contributed by atoms with van der Waals surface area (Å²) in [6.07, 6.45) is 0. The van der Waals surface area contributed by atoms with E-state index in [2.05, 4.69) is 0 Å². The summed E-state index contributed by atoms with van der Waals surface area (Å²) in [6.45, 7) is 0. The molecule has 1 aromatic carbocycles. The summed E-state index contributed by atoms with van der Waals surface area (Å²) in [5.74, 6) is 0. The number of hydrogen-bond acceptors (Lipinski definition) is 0. The molecule has 0 fully saturated rings. The molecule has 0 radical (unpaired) electrons. The molecular formula is C12H5Cl13. The highest BCUT2D eigenvalue weighted by molar-refractivity contribution is 6.81. The number of rotatable bonds is 3. The Balaban J connectivity index is 4.02. The van der Waals surface area contributed by atoms with E-state index < -0.39 is 25.5 Å². The van der Waals surface area contributed by atoms with Gasteiger partial charge in [0.2, 0.25) is 11.4 Å². The van der Waals surface area contributed by atoms with Gasteiger partial charge in [-0.05, 0) is 5.56 Å². The fraction of sp³-hybridized carbons (Fsp3) is 0.500. The topological polar surface area (TPSA) is 0 Å². The standard InChI is InChI=1S/C12H5Cl13/c13-7(10(17,18)19,6-4-2-1-3-5-6)8(14,11(20,21)22)9(15,16)12(23,24)25/h1-5H. The Morgan fingerprint density at radius 1 is 0.480 bits per heavy atom. The minimum atomic E-state index is -2.67. The molecule has 2 atom stereocenters. The van der Waals surface area contributed by atoms with Gasteiger partial charge in [0.25, 0.3) is 0 Å². The molecule has 0 nitrogen and oxygen atoms in total. The van der Waals surface area contributed by atoms with Gasteiger partial charge in [0.15, 0.2) is 9.21 Å². The second-order valence-corrected chi connectivity index (χ2v) is 14.1. The summed E-state index contributed by atoms with van der Waals surface area (Å²) in [5, 5.41) is 0. The van der Waals surface area contributed by atoms with Crippen LogP contribution in [0.2, 0.25) is 0 Å². The lowest BCUT2D eigenvalue weighted by atomic mass is 9.83. The lowest BCUT2D eigenvalue weighted by molar-refractivity contribution is 0.378. The molecular weight excluding hydrogens is 605 g/mol. The van der Waals surface area contributed by atoms with Crippen molar-refractivity contribution in [1.82, 2.24) is 0 Å². The summed E-state index contributed by atoms with van der Waals surface area (Å²) in [6, 6.07) is 7.69. The van der Waals surface area contributed by atoms with E-state index in [9.17, 15) is 0 Å². The average Bonchev–Trinajstić information content (AvgIpc) is 2.42. The molecule has 1 aromatic rings. The minimum Gasteiger partial charge on any atom is -0.109 e. The first-order chi connectivity index (χ1) is 10.9. The zero-order valence-corrected chi connectivity index (χ0v) is 21.1. The van der Waals surface area contributed by atoms with Crippen molar-refractivity contribution in [1.29, 1.82) is 0 Å². The van der Waals surface area contributed by atoms with Gasteiger partial charge in [0, 0.05) is 0 Å². The molecule has 0 heterocycles. The van der Waals surface area contributed by atoms with Crippen molar-refractivity contribution in [2.24, 2.45) is 0 Å². The monoisotopic (exact) mass is 604 g/mol. The third kappa shape index (κ3) is 4.39. The molecule has 0 saturated heterocycles. The predicted octanol–water partition coefficient (Wildman–Crippen LogP) is 9.38. The highest BCUT2D eigenvalue weighted by Gasteiger charge is 2.80. The third-order valence-corrected chi connectivity index (χ3v) is 9.99. The van der Waals surface area contributed by atoms with Gasteiger partial charge in [0.05, 0.1) is 0 Å². The first kappa shape index (κ1) is 26.0. The quantitative estimate of drug-likeness (QED) is 0.300. The van der Waals surface area contributed by atoms with Crippen molar-refractivity contribution < 1.29 is 0 Å². The van der Waals surface area contributed by atoms with E-state index in [0.29, 0.717) is 0 Å². The van der Waals surface area contributed by atoms with Crippen LogP contribution in [0.3, 0.4) is 0 Å². The van der Waals surface area contributed by atoms with E-state index in [0.717, 1.165) is 0 Å². The molecule has 0 bridgehead atoms. The maximum Gasteiger partial charge on any atom is 0.225 e. The Hall–Kier alpha value is 2.99. The lowest BCUT2D eigenvalue weighted by Gasteiger charge is -2.55. The van der Waals surface area contributed by atoms with E-state index >= 15 is 0 Å². The largest absolute Gasteiger partial charge is 0.225 e. The number of hydrogen-bond donors (Lipinski definition) is 0. The molecule has 0 N–H and O–H groups in total. The van der Waals surface area contributed by atoms with Crippen LogP contribution >= 0.6 is 151 Å². The maximum atomic E-state index is 6.70. The second kappa shape index (κ2) is 8.26. The average molecular weight is 610 g/mol. The number of halogens is 13. The highest BCUT2D eigenvalue weighted by atomic mass is 35.6. The SMILES string of the molecule is ClC(Cl)(Cl)C(Cl)(Cl)C(Cl)(C(Cl)(Cl)Cl)C(Cl)(c1ccccc1)C(Cl)(Cl)Cl. The third-order valence-electron chi connectivity index (χ3n) is 3.22. The van der Waals surface area contributed by atoms with Crippen LogP contribution in [0.5, 0.6) is 0 Å². The molecule has 0 aromatic heterocycles. The van der Waals surface area contributed by atoms with Crippen LogP contribution in [0.15, 0.2) is 30.3 Å². The van der Waals surface area contributed by atoms with Crippen LogP contribution in [-0.4, -0.2) is 20.6 Å². The van der Waals surface area contributed by atoms with Crippen LogP contribution in [0.25, 0.3) is 0 Å². The van der Waals surface area contributed by atoms with Crippen LogP contribution in [0.1, 0.15) is 5.56 Å². The van der Waals surface area contributed by atoms with Crippen molar-refractivity contribution in [3.05, 3.63) is 35.9 Å². The van der Waals surface area contributed by atoms with E-state index in [4.69, 9.17) is 151 Å². The fourth-order valence-corrected chi connectivity index (χ4v) is 6.23. The van der Waals surface area contributed by atoms with Crippen LogP contribution in [0, 0.1) is 0 Å². The Morgan fingerprint density at radius 3 is 1.16 bits per heavy atom. The normalized spacial score (nSPS) is 19.2. The smallest absolute Gasteiger partial charge is 0.109 e. The van der Waals surface area contributed by atoms with Gasteiger partial charge in [-0.1, -0.05) is 158 Å². The summed E-state index contributed by atoms with van der Waals surface area (Å²) in [4.78, 5) is -5.04. The van der Waals surface area contributed by atoms with Gasteiger partial charge in [-0.15, -0.1) is 23.2 Å². The second-order valence-electron chi connectivity index (χ2n) is 4.75.